The SMILES string of the molecule is COC(=O)c1ccc(C2SCC(=O)N2c2ccc(Br)cc2)cc1. The molecule has 0 spiro atoms. The number of hydrogen-bond donors (Lipinski definition) is 0. The van der Waals surface area contributed by atoms with Crippen LogP contribution in [0.3, 0.4) is 0 Å². The van der Waals surface area contributed by atoms with Gasteiger partial charge in [-0.1, -0.05) is 28.1 Å². The van der Waals surface area contributed by atoms with Gasteiger partial charge in [-0.3, -0.25) is 9.69 Å². The number of thioether (sulfide) groups is 1. The monoisotopic (exact) mass is 391 g/mol. The Kier molecular flexibility index (Phi) is 4.73. The molecule has 0 aliphatic carbocycles. The molecule has 0 bridgehead atoms. The maximum Gasteiger partial charge on any atom is 0.337 e. The Hall–Kier alpha value is -1.79. The van der Waals surface area contributed by atoms with Gasteiger partial charge in [0.05, 0.1) is 18.4 Å². The summed E-state index contributed by atoms with van der Waals surface area (Å²) in [4.78, 5) is 25.6. The Morgan fingerprint density at radius 1 is 1.17 bits per heavy atom. The predicted octanol–water partition coefficient (Wildman–Crippen LogP) is 4.01. The highest BCUT2D eigenvalue weighted by atomic mass is 79.9. The average Bonchev–Trinajstić information content (AvgIpc) is 2.97. The average molecular weight is 392 g/mol. The highest BCUT2D eigenvalue weighted by Crippen LogP contribution is 2.41. The molecule has 1 fully saturated rings. The molecule has 2 aromatic carbocycles. The molecule has 1 unspecified atom stereocenters. The van der Waals surface area contributed by atoms with Crippen molar-refractivity contribution in [2.45, 2.75) is 5.37 Å². The van der Waals surface area contributed by atoms with Gasteiger partial charge in [0.2, 0.25) is 5.91 Å². The number of ether oxygens (including phenoxy) is 1. The lowest BCUT2D eigenvalue weighted by atomic mass is 10.1. The molecule has 3 rings (SSSR count). The highest BCUT2D eigenvalue weighted by Gasteiger charge is 2.34. The van der Waals surface area contributed by atoms with Gasteiger partial charge < -0.3 is 4.74 Å². The lowest BCUT2D eigenvalue weighted by molar-refractivity contribution is -0.115. The summed E-state index contributed by atoms with van der Waals surface area (Å²) >= 11 is 4.98. The van der Waals surface area contributed by atoms with Gasteiger partial charge in [-0.25, -0.2) is 4.79 Å². The van der Waals surface area contributed by atoms with E-state index in [0.717, 1.165) is 15.7 Å². The fourth-order valence-electron chi connectivity index (χ4n) is 2.45. The number of esters is 1. The van der Waals surface area contributed by atoms with Crippen LogP contribution in [0, 0.1) is 0 Å². The van der Waals surface area contributed by atoms with Gasteiger partial charge in [0, 0.05) is 10.2 Å². The number of amides is 1. The molecule has 2 aromatic rings. The predicted molar refractivity (Wildman–Crippen MR) is 94.6 cm³/mol. The van der Waals surface area contributed by atoms with Crippen LogP contribution in [0.2, 0.25) is 0 Å². The second-order valence-electron chi connectivity index (χ2n) is 5.02. The zero-order chi connectivity index (χ0) is 16.4. The Morgan fingerprint density at radius 3 is 2.43 bits per heavy atom. The zero-order valence-corrected chi connectivity index (χ0v) is 14.8. The third kappa shape index (κ3) is 3.28. The van der Waals surface area contributed by atoms with E-state index in [-0.39, 0.29) is 17.3 Å². The van der Waals surface area contributed by atoms with E-state index in [0.29, 0.717) is 11.3 Å². The van der Waals surface area contributed by atoms with Crippen molar-refractivity contribution in [1.29, 1.82) is 0 Å². The second-order valence-corrected chi connectivity index (χ2v) is 7.00. The van der Waals surface area contributed by atoms with Gasteiger partial charge in [0.15, 0.2) is 0 Å². The summed E-state index contributed by atoms with van der Waals surface area (Å²) in [5, 5.41) is -0.0876. The quantitative estimate of drug-likeness (QED) is 0.741. The van der Waals surface area contributed by atoms with E-state index in [1.165, 1.54) is 7.11 Å². The normalized spacial score (nSPS) is 17.4. The molecule has 1 atom stereocenters. The topological polar surface area (TPSA) is 46.6 Å². The molecular weight excluding hydrogens is 378 g/mol. The van der Waals surface area contributed by atoms with E-state index in [1.807, 2.05) is 36.4 Å². The van der Waals surface area contributed by atoms with Crippen molar-refractivity contribution in [2.75, 3.05) is 17.8 Å². The number of benzene rings is 2. The van der Waals surface area contributed by atoms with Crippen LogP contribution in [0.1, 0.15) is 21.3 Å². The smallest absolute Gasteiger partial charge is 0.337 e. The largest absolute Gasteiger partial charge is 0.465 e. The minimum atomic E-state index is -0.364. The summed E-state index contributed by atoms with van der Waals surface area (Å²) < 4.78 is 5.68. The number of carbonyl (C=O) groups excluding carboxylic acids is 2. The van der Waals surface area contributed by atoms with Crippen molar-refractivity contribution in [1.82, 2.24) is 0 Å². The van der Waals surface area contributed by atoms with Crippen LogP contribution in [0.5, 0.6) is 0 Å². The standard InChI is InChI=1S/C17H14BrNO3S/c1-22-17(21)12-4-2-11(3-5-12)16-19(15(20)10-23-16)14-8-6-13(18)7-9-14/h2-9,16H,10H2,1H3. The number of methoxy groups -OCH3 is 1. The third-order valence-corrected chi connectivity index (χ3v) is 5.33. The number of nitrogens with zero attached hydrogens (tertiary/aromatic N) is 1. The molecule has 6 heteroatoms. The summed E-state index contributed by atoms with van der Waals surface area (Å²) in [6, 6.07) is 14.9. The van der Waals surface area contributed by atoms with Gasteiger partial charge >= 0.3 is 5.97 Å². The molecule has 1 aliphatic rings. The van der Waals surface area contributed by atoms with Crippen LogP contribution in [-0.2, 0) is 9.53 Å². The van der Waals surface area contributed by atoms with Crippen LogP contribution < -0.4 is 4.90 Å². The lowest BCUT2D eigenvalue weighted by Gasteiger charge is -2.24. The Balaban J connectivity index is 1.90. The van der Waals surface area contributed by atoms with Crippen molar-refractivity contribution in [3.05, 3.63) is 64.1 Å². The fourth-order valence-corrected chi connectivity index (χ4v) is 3.89. The summed E-state index contributed by atoms with van der Waals surface area (Å²) in [5.74, 6) is 0.162. The van der Waals surface area contributed by atoms with Crippen molar-refractivity contribution in [3.8, 4) is 0 Å². The summed E-state index contributed by atoms with van der Waals surface area (Å²) in [7, 11) is 1.36. The number of carbonyl (C=O) groups is 2. The molecule has 0 N–H and O–H groups in total. The van der Waals surface area contributed by atoms with E-state index in [9.17, 15) is 9.59 Å². The van der Waals surface area contributed by atoms with Gasteiger partial charge in [-0.15, -0.1) is 11.8 Å². The van der Waals surface area contributed by atoms with Gasteiger partial charge in [-0.2, -0.15) is 0 Å². The lowest BCUT2D eigenvalue weighted by Crippen LogP contribution is -2.27. The second kappa shape index (κ2) is 6.76. The van der Waals surface area contributed by atoms with Crippen LogP contribution in [0.25, 0.3) is 0 Å². The summed E-state index contributed by atoms with van der Waals surface area (Å²) in [6.07, 6.45) is 0. The maximum atomic E-state index is 12.3. The van der Waals surface area contributed by atoms with Crippen LogP contribution >= 0.6 is 27.7 Å². The van der Waals surface area contributed by atoms with Crippen molar-refractivity contribution < 1.29 is 14.3 Å². The fraction of sp³-hybridized carbons (Fsp3) is 0.176. The number of anilines is 1. The third-order valence-electron chi connectivity index (χ3n) is 3.59. The molecule has 1 saturated heterocycles. The highest BCUT2D eigenvalue weighted by molar-refractivity contribution is 9.10. The molecular formula is C17H14BrNO3S. The van der Waals surface area contributed by atoms with Crippen molar-refractivity contribution in [3.63, 3.8) is 0 Å². The van der Waals surface area contributed by atoms with Crippen LogP contribution in [-0.4, -0.2) is 24.7 Å². The van der Waals surface area contributed by atoms with Gasteiger partial charge in [0.1, 0.15) is 5.37 Å². The van der Waals surface area contributed by atoms with Gasteiger partial charge in [0.25, 0.3) is 0 Å². The zero-order valence-electron chi connectivity index (χ0n) is 12.4. The molecule has 4 nitrogen and oxygen atoms in total. The van der Waals surface area contributed by atoms with Crippen LogP contribution in [0.4, 0.5) is 5.69 Å². The summed E-state index contributed by atoms with van der Waals surface area (Å²) in [6.45, 7) is 0. The first-order chi connectivity index (χ1) is 11.1. The van der Waals surface area contributed by atoms with E-state index >= 15 is 0 Å². The molecule has 23 heavy (non-hydrogen) atoms. The van der Waals surface area contributed by atoms with E-state index in [1.54, 1.807) is 28.8 Å². The van der Waals surface area contributed by atoms with Crippen LogP contribution in [0.15, 0.2) is 53.0 Å². The molecule has 0 aromatic heterocycles. The first kappa shape index (κ1) is 16.1. The number of halogens is 1. The van der Waals surface area contributed by atoms with E-state index in [4.69, 9.17) is 4.74 Å². The Labute approximate surface area is 146 Å². The summed E-state index contributed by atoms with van der Waals surface area (Å²) in [5.41, 5.74) is 2.35. The molecule has 0 saturated carbocycles. The number of rotatable bonds is 3. The first-order valence-corrected chi connectivity index (χ1v) is 8.82. The van der Waals surface area contributed by atoms with Crippen molar-refractivity contribution >= 4 is 45.3 Å². The van der Waals surface area contributed by atoms with E-state index in [2.05, 4.69) is 15.9 Å². The maximum absolute atomic E-state index is 12.3. The molecule has 1 aliphatic heterocycles. The minimum absolute atomic E-state index is 0.0827. The number of hydrogen-bond acceptors (Lipinski definition) is 4. The van der Waals surface area contributed by atoms with Gasteiger partial charge in [-0.05, 0) is 42.0 Å². The molecule has 1 amide bonds. The van der Waals surface area contributed by atoms with Crippen molar-refractivity contribution in [2.24, 2.45) is 0 Å². The minimum Gasteiger partial charge on any atom is -0.465 e. The first-order valence-electron chi connectivity index (χ1n) is 6.97. The molecule has 0 radical (unpaired) electrons. The van der Waals surface area contributed by atoms with E-state index < -0.39 is 0 Å². The Morgan fingerprint density at radius 2 is 1.83 bits per heavy atom. The Bertz CT molecular complexity index is 731. The molecule has 118 valence electrons. The molecule has 1 heterocycles.